The maximum atomic E-state index is 13.8. The summed E-state index contributed by atoms with van der Waals surface area (Å²) < 4.78 is 12.7. The number of nitrogens with one attached hydrogen (secondary N) is 1. The average molecular weight is 637 g/mol. The van der Waals surface area contributed by atoms with Gasteiger partial charge >= 0.3 is 0 Å². The molecule has 4 nitrogen and oxygen atoms in total. The lowest BCUT2D eigenvalue weighted by Gasteiger charge is -2.40. The molecule has 0 bridgehead atoms. The van der Waals surface area contributed by atoms with E-state index in [0.29, 0.717) is 28.0 Å². The van der Waals surface area contributed by atoms with E-state index in [1.807, 2.05) is 24.3 Å². The molecule has 204 valence electrons. The van der Waals surface area contributed by atoms with E-state index in [2.05, 4.69) is 65.4 Å². The fourth-order valence-corrected chi connectivity index (χ4v) is 6.96. The second kappa shape index (κ2) is 10.4. The lowest BCUT2D eigenvalue weighted by Crippen LogP contribution is -2.33. The first-order valence-electron chi connectivity index (χ1n) is 13.1. The van der Waals surface area contributed by atoms with Gasteiger partial charge in [-0.3, -0.25) is 4.79 Å². The summed E-state index contributed by atoms with van der Waals surface area (Å²) in [5, 5.41) is 7.13. The molecule has 1 aliphatic heterocycles. The van der Waals surface area contributed by atoms with Crippen molar-refractivity contribution in [2.45, 2.75) is 39.3 Å². The first-order valence-corrected chi connectivity index (χ1v) is 14.7. The Morgan fingerprint density at radius 2 is 1.82 bits per heavy atom. The molecule has 0 saturated heterocycles. The quantitative estimate of drug-likeness (QED) is 0.237. The Hall–Kier alpha value is -2.99. The van der Waals surface area contributed by atoms with Crippen LogP contribution >= 0.6 is 39.1 Å². The summed E-state index contributed by atoms with van der Waals surface area (Å²) >= 11 is 16.1. The molecular weight excluding hydrogens is 609 g/mol. The summed E-state index contributed by atoms with van der Waals surface area (Å²) in [6, 6.07) is 21.6. The zero-order chi connectivity index (χ0) is 28.2. The van der Waals surface area contributed by atoms with Gasteiger partial charge in [0.2, 0.25) is 0 Å². The molecule has 1 heterocycles. The average Bonchev–Trinajstić information content (AvgIpc) is 2.91. The zero-order valence-electron chi connectivity index (χ0n) is 22.4. The van der Waals surface area contributed by atoms with Crippen molar-refractivity contribution in [3.05, 3.63) is 104 Å². The molecule has 4 aromatic carbocycles. The predicted molar refractivity (Wildman–Crippen MR) is 167 cm³/mol. The van der Waals surface area contributed by atoms with Crippen LogP contribution in [0.1, 0.15) is 49.4 Å². The largest absolute Gasteiger partial charge is 0.493 e. The Balaban J connectivity index is 1.44. The number of allylic oxidation sites excluding steroid dienone is 1. The molecule has 4 aromatic rings. The van der Waals surface area contributed by atoms with Crippen LogP contribution in [0.25, 0.3) is 16.3 Å². The number of hydrogen-bond acceptors (Lipinski definition) is 4. The van der Waals surface area contributed by atoms with Crippen LogP contribution in [-0.4, -0.2) is 12.9 Å². The van der Waals surface area contributed by atoms with Crippen LogP contribution in [0.2, 0.25) is 10.0 Å². The number of benzene rings is 4. The van der Waals surface area contributed by atoms with Gasteiger partial charge in [-0.15, -0.1) is 0 Å². The summed E-state index contributed by atoms with van der Waals surface area (Å²) in [4.78, 5) is 13.8. The molecular formula is C33H28BrCl2NO3. The summed E-state index contributed by atoms with van der Waals surface area (Å²) in [7, 11) is 1.61. The number of methoxy groups -OCH3 is 1. The topological polar surface area (TPSA) is 47.6 Å². The number of rotatable bonds is 5. The van der Waals surface area contributed by atoms with Gasteiger partial charge < -0.3 is 14.8 Å². The van der Waals surface area contributed by atoms with Crippen molar-refractivity contribution in [2.24, 2.45) is 5.41 Å². The monoisotopic (exact) mass is 635 g/mol. The van der Waals surface area contributed by atoms with Crippen LogP contribution in [0.3, 0.4) is 0 Å². The summed E-state index contributed by atoms with van der Waals surface area (Å²) in [6.07, 6.45) is 1.33. The number of carbonyl (C=O) groups excluding carboxylic acids is 1. The molecule has 0 spiro atoms. The van der Waals surface area contributed by atoms with Crippen LogP contribution in [0.5, 0.6) is 11.5 Å². The van der Waals surface area contributed by atoms with Gasteiger partial charge in [-0.05, 0) is 80.0 Å². The molecule has 40 heavy (non-hydrogen) atoms. The molecule has 1 N–H and O–H groups in total. The third-order valence-electron chi connectivity index (χ3n) is 7.71. The zero-order valence-corrected chi connectivity index (χ0v) is 25.5. The highest BCUT2D eigenvalue weighted by atomic mass is 79.9. The Morgan fingerprint density at radius 1 is 1.02 bits per heavy atom. The van der Waals surface area contributed by atoms with Crippen molar-refractivity contribution in [1.29, 1.82) is 0 Å². The molecule has 0 radical (unpaired) electrons. The number of anilines is 1. The Kier molecular flexibility index (Phi) is 7.10. The Morgan fingerprint density at radius 3 is 2.60 bits per heavy atom. The first kappa shape index (κ1) is 27.2. The number of halogens is 3. The molecule has 0 amide bonds. The van der Waals surface area contributed by atoms with E-state index < -0.39 is 0 Å². The first-order chi connectivity index (χ1) is 19.1. The maximum absolute atomic E-state index is 13.8. The van der Waals surface area contributed by atoms with E-state index in [1.165, 1.54) is 0 Å². The SMILES string of the molecule is COc1cc([C@@H]2Nc3ccc4ccccc4c3C3=C2C(=O)CC(C)(C)C3)cc(Br)c1OCc1ccc(Cl)cc1Cl. The lowest BCUT2D eigenvalue weighted by molar-refractivity contribution is -0.118. The van der Waals surface area contributed by atoms with Crippen LogP contribution < -0.4 is 14.8 Å². The molecule has 6 rings (SSSR count). The number of fused-ring (bicyclic) bond motifs is 4. The van der Waals surface area contributed by atoms with Crippen molar-refractivity contribution < 1.29 is 14.3 Å². The van der Waals surface area contributed by atoms with E-state index >= 15 is 0 Å². The van der Waals surface area contributed by atoms with Crippen LogP contribution in [0.15, 0.2) is 76.8 Å². The van der Waals surface area contributed by atoms with E-state index in [9.17, 15) is 4.79 Å². The molecule has 2 aliphatic rings. The fourth-order valence-electron chi connectivity index (χ4n) is 5.92. The van der Waals surface area contributed by atoms with Crippen molar-refractivity contribution in [2.75, 3.05) is 12.4 Å². The van der Waals surface area contributed by atoms with Gasteiger partial charge in [-0.1, -0.05) is 73.4 Å². The lowest BCUT2D eigenvalue weighted by atomic mass is 9.68. The Labute approximate surface area is 252 Å². The van der Waals surface area contributed by atoms with E-state index in [1.54, 1.807) is 19.2 Å². The van der Waals surface area contributed by atoms with E-state index in [-0.39, 0.29) is 23.8 Å². The number of ketones is 1. The normalized spacial score (nSPS) is 17.8. The van der Waals surface area contributed by atoms with Gasteiger partial charge in [0.05, 0.1) is 17.6 Å². The molecule has 0 unspecified atom stereocenters. The van der Waals surface area contributed by atoms with Crippen LogP contribution in [-0.2, 0) is 11.4 Å². The summed E-state index contributed by atoms with van der Waals surface area (Å²) in [5.74, 6) is 1.30. The van der Waals surface area contributed by atoms with Crippen molar-refractivity contribution in [3.8, 4) is 11.5 Å². The fraction of sp³-hybridized carbons (Fsp3) is 0.242. The molecule has 1 aliphatic carbocycles. The summed E-state index contributed by atoms with van der Waals surface area (Å²) in [5.41, 5.74) is 5.73. The molecule has 0 fully saturated rings. The Bertz CT molecular complexity index is 1710. The van der Waals surface area contributed by atoms with Gasteiger partial charge in [-0.25, -0.2) is 0 Å². The maximum Gasteiger partial charge on any atom is 0.175 e. The van der Waals surface area contributed by atoms with Gasteiger partial charge in [0.15, 0.2) is 17.3 Å². The minimum atomic E-state index is -0.322. The highest BCUT2D eigenvalue weighted by Crippen LogP contribution is 2.53. The predicted octanol–water partition coefficient (Wildman–Crippen LogP) is 9.81. The van der Waals surface area contributed by atoms with Crippen molar-refractivity contribution in [3.63, 3.8) is 0 Å². The van der Waals surface area contributed by atoms with Gasteiger partial charge in [0.25, 0.3) is 0 Å². The molecule has 1 atom stereocenters. The number of ether oxygens (including phenoxy) is 2. The van der Waals surface area contributed by atoms with Gasteiger partial charge in [0.1, 0.15) is 6.61 Å². The van der Waals surface area contributed by atoms with Crippen LogP contribution in [0, 0.1) is 5.41 Å². The van der Waals surface area contributed by atoms with Gasteiger partial charge in [-0.2, -0.15) is 0 Å². The smallest absolute Gasteiger partial charge is 0.175 e. The standard InChI is InChI=1S/C33H28BrCl2NO3/c1-33(2)15-23-29-22-7-5-4-6-18(22)9-11-26(29)37-31(30(23)27(38)16-33)20-12-24(34)32(28(13-20)39-3)40-17-19-8-10-21(35)14-25(19)36/h4-14,31,37H,15-17H2,1-3H3/t31-/m0/s1. The molecule has 7 heteroatoms. The highest BCUT2D eigenvalue weighted by molar-refractivity contribution is 9.10. The van der Waals surface area contributed by atoms with Crippen molar-refractivity contribution >= 4 is 66.9 Å². The minimum absolute atomic E-state index is 0.120. The van der Waals surface area contributed by atoms with E-state index in [0.717, 1.165) is 55.2 Å². The third-order valence-corrected chi connectivity index (χ3v) is 8.89. The second-order valence-electron chi connectivity index (χ2n) is 11.2. The second-order valence-corrected chi connectivity index (χ2v) is 12.9. The highest BCUT2D eigenvalue weighted by Gasteiger charge is 2.41. The van der Waals surface area contributed by atoms with Crippen LogP contribution in [0.4, 0.5) is 5.69 Å². The number of Topliss-reactive ketones (excluding diaryl/α,β-unsaturated/α-hetero) is 1. The van der Waals surface area contributed by atoms with E-state index in [4.69, 9.17) is 32.7 Å². The van der Waals surface area contributed by atoms with Gasteiger partial charge in [0, 0.05) is 38.9 Å². The van der Waals surface area contributed by atoms with Crippen molar-refractivity contribution in [1.82, 2.24) is 0 Å². The summed E-state index contributed by atoms with van der Waals surface area (Å²) in [6.45, 7) is 4.60. The minimum Gasteiger partial charge on any atom is -0.493 e. The number of carbonyl (C=O) groups is 1. The molecule has 0 aromatic heterocycles. The third kappa shape index (κ3) is 4.89. The molecule has 0 saturated carbocycles. The number of hydrogen-bond donors (Lipinski definition) is 1.